The highest BCUT2D eigenvalue weighted by Crippen LogP contribution is 2.13. The average Bonchev–Trinajstić information content (AvgIpc) is 2.34. The first-order chi connectivity index (χ1) is 4.88. The van der Waals surface area contributed by atoms with Gasteiger partial charge in [-0.05, 0) is 19.8 Å². The van der Waals surface area contributed by atoms with Crippen LogP contribution >= 0.6 is 0 Å². The zero-order valence-corrected chi connectivity index (χ0v) is 6.38. The van der Waals surface area contributed by atoms with E-state index in [1.165, 1.54) is 31.5 Å². The van der Waals surface area contributed by atoms with Crippen LogP contribution in [-0.2, 0) is 0 Å². The molecule has 0 amide bonds. The highest BCUT2D eigenvalue weighted by atomic mass is 15.1. The summed E-state index contributed by atoms with van der Waals surface area (Å²) < 4.78 is 2.31. The molecule has 0 bridgehead atoms. The Hall–Kier alpha value is -0.660. The molecule has 0 aromatic rings. The Balaban J connectivity index is 2.27. The summed E-state index contributed by atoms with van der Waals surface area (Å²) in [6.07, 6.45) is 5.96. The van der Waals surface area contributed by atoms with Crippen LogP contribution in [0.15, 0.2) is 4.99 Å². The van der Waals surface area contributed by atoms with E-state index in [2.05, 4.69) is 16.5 Å². The lowest BCUT2D eigenvalue weighted by molar-refractivity contribution is -0.402. The first kappa shape index (κ1) is 6.08. The third-order valence-corrected chi connectivity index (χ3v) is 2.36. The van der Waals surface area contributed by atoms with Crippen molar-refractivity contribution in [3.8, 4) is 0 Å². The van der Waals surface area contributed by atoms with Gasteiger partial charge in [-0.1, -0.05) is 4.99 Å². The van der Waals surface area contributed by atoms with E-state index in [0.717, 1.165) is 0 Å². The van der Waals surface area contributed by atoms with Gasteiger partial charge in [-0.25, -0.2) is 4.58 Å². The Morgan fingerprint density at radius 2 is 2.50 bits per heavy atom. The maximum Gasteiger partial charge on any atom is 0.281 e. The van der Waals surface area contributed by atoms with Crippen LogP contribution in [0.2, 0.25) is 0 Å². The number of hydrogen-bond acceptors (Lipinski definition) is 1. The summed E-state index contributed by atoms with van der Waals surface area (Å²) in [5.74, 6) is 0. The minimum Gasteiger partial charge on any atom is -0.234 e. The average molecular weight is 137 g/mol. The molecular weight excluding hydrogens is 124 g/mol. The van der Waals surface area contributed by atoms with Crippen molar-refractivity contribution in [2.45, 2.75) is 32.2 Å². The molecule has 2 rings (SSSR count). The second kappa shape index (κ2) is 2.19. The molecule has 2 heterocycles. The Labute approximate surface area is 61.3 Å². The molecule has 1 atom stereocenters. The van der Waals surface area contributed by atoms with E-state index in [9.17, 15) is 0 Å². The molecule has 2 aliphatic heterocycles. The molecule has 0 aromatic heterocycles. The third-order valence-electron chi connectivity index (χ3n) is 2.36. The predicted octanol–water partition coefficient (Wildman–Crippen LogP) is 1.05. The molecule has 2 heteroatoms. The molecule has 0 fully saturated rings. The first-order valence-corrected chi connectivity index (χ1v) is 4.03. The third kappa shape index (κ3) is 0.789. The molecule has 0 aliphatic carbocycles. The zero-order valence-electron chi connectivity index (χ0n) is 6.38. The van der Waals surface area contributed by atoms with Gasteiger partial charge in [0, 0.05) is 6.42 Å². The van der Waals surface area contributed by atoms with Gasteiger partial charge in [0.2, 0.25) is 0 Å². The summed E-state index contributed by atoms with van der Waals surface area (Å²) in [7, 11) is 0. The topological polar surface area (TPSA) is 15.4 Å². The van der Waals surface area contributed by atoms with Gasteiger partial charge < -0.3 is 0 Å². The van der Waals surface area contributed by atoms with Crippen LogP contribution in [-0.4, -0.2) is 29.2 Å². The maximum atomic E-state index is 4.34. The molecule has 54 valence electrons. The van der Waals surface area contributed by atoms with Crippen molar-refractivity contribution in [1.29, 1.82) is 0 Å². The second-order valence-corrected chi connectivity index (χ2v) is 3.08. The maximum absolute atomic E-state index is 4.34. The smallest absolute Gasteiger partial charge is 0.234 e. The van der Waals surface area contributed by atoms with Crippen LogP contribution in [0.25, 0.3) is 0 Å². The molecule has 0 radical (unpaired) electrons. The van der Waals surface area contributed by atoms with Crippen LogP contribution in [0.1, 0.15) is 26.2 Å². The molecule has 2 nitrogen and oxygen atoms in total. The van der Waals surface area contributed by atoms with E-state index in [-0.39, 0.29) is 0 Å². The minimum absolute atomic E-state index is 0.472. The Bertz CT molecular complexity index is 203. The number of rotatable bonds is 0. The van der Waals surface area contributed by atoms with Gasteiger partial charge in [0.15, 0.2) is 6.04 Å². The monoisotopic (exact) mass is 137 g/mol. The van der Waals surface area contributed by atoms with E-state index < -0.39 is 0 Å². The van der Waals surface area contributed by atoms with Gasteiger partial charge >= 0.3 is 0 Å². The Kier molecular flexibility index (Phi) is 1.33. The second-order valence-electron chi connectivity index (χ2n) is 3.08. The highest BCUT2D eigenvalue weighted by Gasteiger charge is 2.27. The first-order valence-electron chi connectivity index (χ1n) is 4.03. The Morgan fingerprint density at radius 1 is 1.60 bits per heavy atom. The largest absolute Gasteiger partial charge is 0.281 e. The zero-order chi connectivity index (χ0) is 6.97. The summed E-state index contributed by atoms with van der Waals surface area (Å²) in [5.41, 5.74) is 1.53. The van der Waals surface area contributed by atoms with Crippen LogP contribution in [0.5, 0.6) is 0 Å². The summed E-state index contributed by atoms with van der Waals surface area (Å²) >= 11 is 0. The Morgan fingerprint density at radius 3 is 3.30 bits per heavy atom. The van der Waals surface area contributed by atoms with E-state index in [0.29, 0.717) is 6.04 Å². The molecule has 0 spiro atoms. The lowest BCUT2D eigenvalue weighted by Gasteiger charge is -2.10. The van der Waals surface area contributed by atoms with Gasteiger partial charge in [0.05, 0.1) is 6.54 Å². The molecule has 2 aliphatic rings. The highest BCUT2D eigenvalue weighted by molar-refractivity contribution is 5.90. The van der Waals surface area contributed by atoms with E-state index in [1.807, 2.05) is 6.34 Å². The number of aliphatic imine (C=N–C) groups is 1. The normalized spacial score (nSPS) is 31.1. The number of nitrogens with zero attached hydrogens (tertiary/aromatic N) is 2. The van der Waals surface area contributed by atoms with Crippen molar-refractivity contribution in [3.05, 3.63) is 0 Å². The molecule has 1 unspecified atom stereocenters. The molecule has 0 aromatic carbocycles. The SMILES string of the molecule is CC1N=C[N+]2=C1CCCC2. The molecule has 0 saturated carbocycles. The van der Waals surface area contributed by atoms with Gasteiger partial charge in [-0.3, -0.25) is 0 Å². The van der Waals surface area contributed by atoms with Gasteiger partial charge in [-0.2, -0.15) is 0 Å². The fourth-order valence-corrected chi connectivity index (χ4v) is 1.72. The van der Waals surface area contributed by atoms with Crippen molar-refractivity contribution in [2.75, 3.05) is 6.54 Å². The number of hydrogen-bond donors (Lipinski definition) is 0. The van der Waals surface area contributed by atoms with E-state index in [1.54, 1.807) is 0 Å². The van der Waals surface area contributed by atoms with Crippen LogP contribution in [0.4, 0.5) is 0 Å². The summed E-state index contributed by atoms with van der Waals surface area (Å²) in [6.45, 7) is 3.38. The standard InChI is InChI=1S/C8H13N2/c1-7-8-4-2-3-5-10(8)6-9-7/h6-7H,2-5H2,1H3/q+1. The molecule has 0 N–H and O–H groups in total. The minimum atomic E-state index is 0.472. The van der Waals surface area contributed by atoms with Crippen molar-refractivity contribution in [1.82, 2.24) is 0 Å². The lowest BCUT2D eigenvalue weighted by Crippen LogP contribution is -2.26. The van der Waals surface area contributed by atoms with Crippen LogP contribution in [0.3, 0.4) is 0 Å². The van der Waals surface area contributed by atoms with Gasteiger partial charge in [0.1, 0.15) is 5.71 Å². The molecular formula is C8H13N2+. The van der Waals surface area contributed by atoms with E-state index in [4.69, 9.17) is 0 Å². The molecule has 10 heavy (non-hydrogen) atoms. The fraction of sp³-hybridized carbons (Fsp3) is 0.750. The quantitative estimate of drug-likeness (QED) is 0.443. The van der Waals surface area contributed by atoms with Crippen LogP contribution in [0, 0.1) is 0 Å². The van der Waals surface area contributed by atoms with Gasteiger partial charge in [0.25, 0.3) is 6.34 Å². The van der Waals surface area contributed by atoms with Crippen molar-refractivity contribution in [2.24, 2.45) is 4.99 Å². The molecule has 0 saturated heterocycles. The summed E-state index contributed by atoms with van der Waals surface area (Å²) in [5, 5.41) is 0. The lowest BCUT2D eigenvalue weighted by atomic mass is 10.0. The predicted molar refractivity (Wildman–Crippen MR) is 41.9 cm³/mol. The van der Waals surface area contributed by atoms with E-state index >= 15 is 0 Å². The fourth-order valence-electron chi connectivity index (χ4n) is 1.72. The van der Waals surface area contributed by atoms with Crippen molar-refractivity contribution in [3.63, 3.8) is 0 Å². The summed E-state index contributed by atoms with van der Waals surface area (Å²) in [6, 6.07) is 0.472. The van der Waals surface area contributed by atoms with Crippen molar-refractivity contribution < 1.29 is 4.58 Å². The van der Waals surface area contributed by atoms with Crippen LogP contribution < -0.4 is 0 Å². The summed E-state index contributed by atoms with van der Waals surface area (Å²) in [4.78, 5) is 4.34. The van der Waals surface area contributed by atoms with Crippen molar-refractivity contribution >= 4 is 12.1 Å². The van der Waals surface area contributed by atoms with Gasteiger partial charge in [-0.15, -0.1) is 0 Å².